The first-order chi connectivity index (χ1) is 15.8. The molecule has 0 radical (unpaired) electrons. The Balaban J connectivity index is 0.00000306. The van der Waals surface area contributed by atoms with Crippen LogP contribution in [-0.4, -0.2) is 32.8 Å². The average molecular weight is 563 g/mol. The molecule has 2 heterocycles. The third kappa shape index (κ3) is 7.68. The van der Waals surface area contributed by atoms with Gasteiger partial charge in [-0.1, -0.05) is 24.3 Å². The fraction of sp³-hybridized carbons (Fsp3) is 0.320. The highest BCUT2D eigenvalue weighted by atomic mass is 127. The molecule has 4 rings (SSSR count). The predicted octanol–water partition coefficient (Wildman–Crippen LogP) is 5.01. The lowest BCUT2D eigenvalue weighted by molar-refractivity contribution is 0.185. The minimum atomic E-state index is 0. The molecular formula is C25H30IN3O4. The van der Waals surface area contributed by atoms with Crippen LogP contribution in [0.1, 0.15) is 23.3 Å². The van der Waals surface area contributed by atoms with Gasteiger partial charge in [0.1, 0.15) is 5.76 Å². The SMILES string of the molecule is COCc1ccc(CN=C(NCCc2ccco2)Nc2ccc3c(c2)OCCCO3)cc1.I. The normalized spacial score (nSPS) is 13.1. The first-order valence-corrected chi connectivity index (χ1v) is 10.8. The van der Waals surface area contributed by atoms with Gasteiger partial charge in [-0.3, -0.25) is 0 Å². The third-order valence-corrected chi connectivity index (χ3v) is 5.01. The Morgan fingerprint density at radius 2 is 1.79 bits per heavy atom. The van der Waals surface area contributed by atoms with Gasteiger partial charge in [-0.15, -0.1) is 24.0 Å². The molecule has 0 unspecified atom stereocenters. The number of ether oxygens (including phenoxy) is 3. The second-order valence-corrected chi connectivity index (χ2v) is 7.51. The number of hydrogen-bond acceptors (Lipinski definition) is 5. The molecule has 2 aromatic carbocycles. The molecule has 1 aliphatic heterocycles. The first kappa shape index (κ1) is 24.9. The number of fused-ring (bicyclic) bond motifs is 1. The smallest absolute Gasteiger partial charge is 0.196 e. The fourth-order valence-corrected chi connectivity index (χ4v) is 3.35. The van der Waals surface area contributed by atoms with Gasteiger partial charge in [0.25, 0.3) is 0 Å². The van der Waals surface area contributed by atoms with Crippen molar-refractivity contribution in [2.75, 3.05) is 32.2 Å². The fourth-order valence-electron chi connectivity index (χ4n) is 3.35. The van der Waals surface area contributed by atoms with Crippen LogP contribution >= 0.6 is 24.0 Å². The maximum Gasteiger partial charge on any atom is 0.196 e. The minimum absolute atomic E-state index is 0. The number of benzene rings is 2. The van der Waals surface area contributed by atoms with Crippen LogP contribution < -0.4 is 20.1 Å². The van der Waals surface area contributed by atoms with Gasteiger partial charge < -0.3 is 29.3 Å². The molecule has 0 atom stereocenters. The van der Waals surface area contributed by atoms with E-state index in [1.165, 1.54) is 0 Å². The van der Waals surface area contributed by atoms with E-state index < -0.39 is 0 Å². The van der Waals surface area contributed by atoms with Crippen LogP contribution in [0.3, 0.4) is 0 Å². The van der Waals surface area contributed by atoms with Crippen molar-refractivity contribution in [1.82, 2.24) is 5.32 Å². The van der Waals surface area contributed by atoms with Gasteiger partial charge in [-0.05, 0) is 35.4 Å². The molecule has 2 N–H and O–H groups in total. The molecule has 0 saturated heterocycles. The van der Waals surface area contributed by atoms with E-state index in [1.54, 1.807) is 13.4 Å². The van der Waals surface area contributed by atoms with Gasteiger partial charge in [0.05, 0.1) is 32.6 Å². The van der Waals surface area contributed by atoms with Crippen molar-refractivity contribution in [2.24, 2.45) is 4.99 Å². The lowest BCUT2D eigenvalue weighted by Crippen LogP contribution is -2.32. The molecule has 1 aromatic heterocycles. The lowest BCUT2D eigenvalue weighted by atomic mass is 10.1. The number of nitrogens with one attached hydrogen (secondary N) is 2. The number of nitrogens with zero attached hydrogens (tertiary/aromatic N) is 1. The second-order valence-electron chi connectivity index (χ2n) is 7.51. The van der Waals surface area contributed by atoms with Gasteiger partial charge in [-0.2, -0.15) is 0 Å². The van der Waals surface area contributed by atoms with Crippen molar-refractivity contribution >= 4 is 35.6 Å². The summed E-state index contributed by atoms with van der Waals surface area (Å²) in [5, 5.41) is 6.77. The van der Waals surface area contributed by atoms with Gasteiger partial charge in [0.15, 0.2) is 17.5 Å². The van der Waals surface area contributed by atoms with E-state index in [1.807, 2.05) is 30.3 Å². The minimum Gasteiger partial charge on any atom is -0.490 e. The van der Waals surface area contributed by atoms with E-state index >= 15 is 0 Å². The first-order valence-electron chi connectivity index (χ1n) is 10.8. The molecule has 0 bridgehead atoms. The zero-order valence-electron chi connectivity index (χ0n) is 18.7. The Morgan fingerprint density at radius 1 is 1.00 bits per heavy atom. The van der Waals surface area contributed by atoms with Crippen LogP contribution in [0.4, 0.5) is 5.69 Å². The highest BCUT2D eigenvalue weighted by Crippen LogP contribution is 2.32. The van der Waals surface area contributed by atoms with E-state index in [4.69, 9.17) is 23.6 Å². The molecule has 7 nitrogen and oxygen atoms in total. The summed E-state index contributed by atoms with van der Waals surface area (Å²) in [5.74, 6) is 3.14. The molecule has 33 heavy (non-hydrogen) atoms. The van der Waals surface area contributed by atoms with Gasteiger partial charge in [0.2, 0.25) is 0 Å². The molecule has 8 heteroatoms. The molecule has 1 aliphatic rings. The maximum absolute atomic E-state index is 5.81. The Labute approximate surface area is 211 Å². The summed E-state index contributed by atoms with van der Waals surface area (Å²) < 4.78 is 22.1. The van der Waals surface area contributed by atoms with Crippen molar-refractivity contribution in [2.45, 2.75) is 26.0 Å². The van der Waals surface area contributed by atoms with Gasteiger partial charge in [0, 0.05) is 38.2 Å². The Morgan fingerprint density at radius 3 is 2.55 bits per heavy atom. The van der Waals surface area contributed by atoms with Crippen LogP contribution in [0.5, 0.6) is 11.5 Å². The summed E-state index contributed by atoms with van der Waals surface area (Å²) in [6, 6.07) is 18.0. The highest BCUT2D eigenvalue weighted by Gasteiger charge is 2.11. The van der Waals surface area contributed by atoms with Crippen molar-refractivity contribution in [3.8, 4) is 11.5 Å². The summed E-state index contributed by atoms with van der Waals surface area (Å²) >= 11 is 0. The number of guanidine groups is 1. The largest absolute Gasteiger partial charge is 0.490 e. The number of anilines is 1. The molecule has 0 amide bonds. The maximum atomic E-state index is 5.81. The summed E-state index contributed by atoms with van der Waals surface area (Å²) in [4.78, 5) is 4.77. The topological polar surface area (TPSA) is 77.2 Å². The number of rotatable bonds is 8. The summed E-state index contributed by atoms with van der Waals surface area (Å²) in [6.07, 6.45) is 3.33. The van der Waals surface area contributed by atoms with Gasteiger partial charge >= 0.3 is 0 Å². The van der Waals surface area contributed by atoms with Gasteiger partial charge in [-0.25, -0.2) is 4.99 Å². The molecule has 0 spiro atoms. The third-order valence-electron chi connectivity index (χ3n) is 5.01. The number of aliphatic imine (C=N–C) groups is 1. The standard InChI is InChI=1S/C25H29N3O4.HI/c1-29-18-20-7-5-19(6-8-20)17-27-25(26-12-11-22-4-2-13-30-22)28-21-9-10-23-24(16-21)32-15-3-14-31-23;/h2,4-10,13,16H,3,11-12,14-15,17-18H2,1H3,(H2,26,27,28);1H. The van der Waals surface area contributed by atoms with Crippen LogP contribution in [0, 0.1) is 0 Å². The number of methoxy groups -OCH3 is 1. The second kappa shape index (κ2) is 13.1. The summed E-state index contributed by atoms with van der Waals surface area (Å²) in [7, 11) is 1.70. The number of hydrogen-bond donors (Lipinski definition) is 2. The van der Waals surface area contributed by atoms with E-state index in [9.17, 15) is 0 Å². The zero-order chi connectivity index (χ0) is 22.0. The van der Waals surface area contributed by atoms with Crippen LogP contribution in [0.2, 0.25) is 0 Å². The lowest BCUT2D eigenvalue weighted by Gasteiger charge is -2.14. The highest BCUT2D eigenvalue weighted by molar-refractivity contribution is 14.0. The molecule has 0 aliphatic carbocycles. The zero-order valence-corrected chi connectivity index (χ0v) is 21.0. The van der Waals surface area contributed by atoms with Crippen LogP contribution in [0.25, 0.3) is 0 Å². The van der Waals surface area contributed by atoms with E-state index in [2.05, 4.69) is 34.9 Å². The Bertz CT molecular complexity index is 1010. The summed E-state index contributed by atoms with van der Waals surface area (Å²) in [6.45, 7) is 3.17. The van der Waals surface area contributed by atoms with E-state index in [0.717, 1.165) is 46.9 Å². The summed E-state index contributed by atoms with van der Waals surface area (Å²) in [5.41, 5.74) is 3.15. The molecular weight excluding hydrogens is 533 g/mol. The van der Waals surface area contributed by atoms with Crippen LogP contribution in [0.15, 0.2) is 70.3 Å². The van der Waals surface area contributed by atoms with E-state index in [0.29, 0.717) is 38.9 Å². The average Bonchev–Trinajstić information content (AvgIpc) is 3.22. The van der Waals surface area contributed by atoms with Crippen LogP contribution in [-0.2, 0) is 24.3 Å². The molecule has 0 fully saturated rings. The molecule has 0 saturated carbocycles. The van der Waals surface area contributed by atoms with Crippen molar-refractivity contribution in [3.05, 3.63) is 77.7 Å². The van der Waals surface area contributed by atoms with Crippen molar-refractivity contribution in [1.29, 1.82) is 0 Å². The molecule has 176 valence electrons. The van der Waals surface area contributed by atoms with Crippen molar-refractivity contribution in [3.63, 3.8) is 0 Å². The number of furan rings is 1. The molecule has 3 aromatic rings. The number of halogens is 1. The van der Waals surface area contributed by atoms with E-state index in [-0.39, 0.29) is 24.0 Å². The monoisotopic (exact) mass is 563 g/mol. The van der Waals surface area contributed by atoms with Crippen molar-refractivity contribution < 1.29 is 18.6 Å². The Kier molecular flexibility index (Phi) is 9.89. The Hall–Kier alpha value is -2.72. The quantitative estimate of drug-likeness (QED) is 0.228. The predicted molar refractivity (Wildman–Crippen MR) is 140 cm³/mol.